The molecule has 4 aromatic carbocycles. The second-order valence-electron chi connectivity index (χ2n) is 11.1. The number of carbonyl (C=O) groups excluding carboxylic acids is 2. The van der Waals surface area contributed by atoms with Crippen molar-refractivity contribution in [3.8, 4) is 5.75 Å². The molecule has 4 aromatic rings. The van der Waals surface area contributed by atoms with Crippen LogP contribution in [0.2, 0.25) is 10.0 Å². The Kier molecular flexibility index (Phi) is 11.7. The van der Waals surface area contributed by atoms with Gasteiger partial charge in [0.05, 0.1) is 27.7 Å². The predicted molar refractivity (Wildman–Crippen MR) is 183 cm³/mol. The first kappa shape index (κ1) is 34.8. The summed E-state index contributed by atoms with van der Waals surface area (Å²) in [7, 11) is -2.84. The number of rotatable bonds is 13. The molecule has 0 bridgehead atoms. The molecule has 0 saturated carbocycles. The molecule has 0 aromatic heterocycles. The number of amides is 2. The highest BCUT2D eigenvalue weighted by Gasteiger charge is 2.35. The van der Waals surface area contributed by atoms with Gasteiger partial charge in [0.2, 0.25) is 11.8 Å². The average Bonchev–Trinajstić information content (AvgIpc) is 3.03. The van der Waals surface area contributed by atoms with E-state index in [9.17, 15) is 18.0 Å². The maximum Gasteiger partial charge on any atom is 0.264 e. The third kappa shape index (κ3) is 8.60. The SMILES string of the molecule is COc1ccc(C)cc1N(CC(=O)N(Cc1ccc(Cl)c(Cl)c1)[C@@H](Cc1ccccc1)C(=O)NC(C)C)S(=O)(=O)c1ccccc1. The monoisotopic (exact) mass is 681 g/mol. The molecule has 0 aliphatic heterocycles. The Bertz CT molecular complexity index is 1770. The minimum absolute atomic E-state index is 0.000721. The van der Waals surface area contributed by atoms with Crippen LogP contribution in [-0.2, 0) is 32.6 Å². The predicted octanol–water partition coefficient (Wildman–Crippen LogP) is 6.67. The molecule has 4 rings (SSSR count). The van der Waals surface area contributed by atoms with Gasteiger partial charge in [-0.1, -0.05) is 83.9 Å². The number of benzene rings is 4. The molecule has 0 radical (unpaired) electrons. The lowest BCUT2D eigenvalue weighted by Gasteiger charge is -2.34. The van der Waals surface area contributed by atoms with Crippen LogP contribution in [0, 0.1) is 6.92 Å². The molecule has 46 heavy (non-hydrogen) atoms. The molecule has 2 amide bonds. The summed E-state index contributed by atoms with van der Waals surface area (Å²) in [5.74, 6) is -0.709. The van der Waals surface area contributed by atoms with Gasteiger partial charge in [0, 0.05) is 19.0 Å². The van der Waals surface area contributed by atoms with Crippen molar-refractivity contribution in [2.24, 2.45) is 0 Å². The molecule has 1 N–H and O–H groups in total. The highest BCUT2D eigenvalue weighted by molar-refractivity contribution is 7.92. The fourth-order valence-corrected chi connectivity index (χ4v) is 6.76. The van der Waals surface area contributed by atoms with Crippen molar-refractivity contribution in [1.82, 2.24) is 10.2 Å². The Balaban J connectivity index is 1.86. The van der Waals surface area contributed by atoms with Gasteiger partial charge in [-0.15, -0.1) is 0 Å². The number of halogens is 2. The Morgan fingerprint density at radius 1 is 0.848 bits per heavy atom. The van der Waals surface area contributed by atoms with E-state index in [1.54, 1.807) is 54.6 Å². The largest absolute Gasteiger partial charge is 0.495 e. The van der Waals surface area contributed by atoms with Gasteiger partial charge < -0.3 is 15.0 Å². The molecule has 0 heterocycles. The van der Waals surface area contributed by atoms with Crippen LogP contribution in [0.15, 0.2) is 102 Å². The van der Waals surface area contributed by atoms with Crippen LogP contribution >= 0.6 is 23.2 Å². The first-order chi connectivity index (χ1) is 21.9. The van der Waals surface area contributed by atoms with Gasteiger partial charge in [-0.05, 0) is 73.9 Å². The van der Waals surface area contributed by atoms with E-state index < -0.39 is 28.5 Å². The van der Waals surface area contributed by atoms with Crippen LogP contribution in [0.1, 0.15) is 30.5 Å². The van der Waals surface area contributed by atoms with Crippen LogP contribution in [0.5, 0.6) is 5.75 Å². The Labute approximate surface area is 280 Å². The lowest BCUT2D eigenvalue weighted by Crippen LogP contribution is -2.54. The van der Waals surface area contributed by atoms with E-state index >= 15 is 0 Å². The normalized spacial score (nSPS) is 12.0. The number of ether oxygens (including phenoxy) is 1. The zero-order chi connectivity index (χ0) is 33.4. The van der Waals surface area contributed by atoms with E-state index in [0.29, 0.717) is 10.6 Å². The van der Waals surface area contributed by atoms with Gasteiger partial charge in [-0.3, -0.25) is 13.9 Å². The Morgan fingerprint density at radius 2 is 1.50 bits per heavy atom. The molecule has 242 valence electrons. The molecule has 0 fully saturated rings. The summed E-state index contributed by atoms with van der Waals surface area (Å²) in [5.41, 5.74) is 2.40. The summed E-state index contributed by atoms with van der Waals surface area (Å²) in [6.07, 6.45) is 0.186. The van der Waals surface area contributed by atoms with Gasteiger partial charge in [0.25, 0.3) is 10.0 Å². The molecule has 0 spiro atoms. The van der Waals surface area contributed by atoms with E-state index in [0.717, 1.165) is 15.4 Å². The zero-order valence-corrected chi connectivity index (χ0v) is 28.4. The third-order valence-corrected chi connectivity index (χ3v) is 9.77. The van der Waals surface area contributed by atoms with Crippen LogP contribution in [0.4, 0.5) is 5.69 Å². The van der Waals surface area contributed by atoms with Crippen LogP contribution in [0.3, 0.4) is 0 Å². The molecule has 1 atom stereocenters. The summed E-state index contributed by atoms with van der Waals surface area (Å²) in [6, 6.07) is 26.1. The van der Waals surface area contributed by atoms with Gasteiger partial charge >= 0.3 is 0 Å². The number of anilines is 1. The number of hydrogen-bond acceptors (Lipinski definition) is 5. The number of aryl methyl sites for hydroxylation is 1. The molecule has 0 aliphatic rings. The van der Waals surface area contributed by atoms with E-state index in [2.05, 4.69) is 5.32 Å². The maximum atomic E-state index is 14.6. The lowest BCUT2D eigenvalue weighted by molar-refractivity contribution is -0.140. The molecule has 0 unspecified atom stereocenters. The Morgan fingerprint density at radius 3 is 2.11 bits per heavy atom. The van der Waals surface area contributed by atoms with E-state index in [-0.39, 0.29) is 46.3 Å². The number of hydrogen-bond donors (Lipinski definition) is 1. The first-order valence-corrected chi connectivity index (χ1v) is 16.9. The first-order valence-electron chi connectivity index (χ1n) is 14.7. The topological polar surface area (TPSA) is 96.0 Å². The second-order valence-corrected chi connectivity index (χ2v) is 13.8. The number of nitrogens with zero attached hydrogens (tertiary/aromatic N) is 2. The Hall–Kier alpha value is -4.05. The minimum atomic E-state index is -4.27. The van der Waals surface area contributed by atoms with Gasteiger partial charge in [-0.25, -0.2) is 8.42 Å². The number of carbonyl (C=O) groups is 2. The number of nitrogens with one attached hydrogen (secondary N) is 1. The fourth-order valence-electron chi connectivity index (χ4n) is 5.00. The van der Waals surface area contributed by atoms with Crippen molar-refractivity contribution in [3.63, 3.8) is 0 Å². The van der Waals surface area contributed by atoms with Crippen molar-refractivity contribution in [1.29, 1.82) is 0 Å². The molecular formula is C35H37Cl2N3O5S. The van der Waals surface area contributed by atoms with Crippen LogP contribution in [-0.4, -0.2) is 50.9 Å². The van der Waals surface area contributed by atoms with Gasteiger partial charge in [-0.2, -0.15) is 0 Å². The van der Waals surface area contributed by atoms with Gasteiger partial charge in [0.1, 0.15) is 18.3 Å². The van der Waals surface area contributed by atoms with Crippen molar-refractivity contribution < 1.29 is 22.7 Å². The quantitative estimate of drug-likeness (QED) is 0.170. The van der Waals surface area contributed by atoms with Gasteiger partial charge in [0.15, 0.2) is 0 Å². The highest BCUT2D eigenvalue weighted by atomic mass is 35.5. The molecule has 0 saturated heterocycles. The fraction of sp³-hybridized carbons (Fsp3) is 0.257. The smallest absolute Gasteiger partial charge is 0.264 e. The van der Waals surface area contributed by atoms with E-state index in [1.807, 2.05) is 51.1 Å². The number of sulfonamides is 1. The highest BCUT2D eigenvalue weighted by Crippen LogP contribution is 2.34. The average molecular weight is 683 g/mol. The molecular weight excluding hydrogens is 645 g/mol. The van der Waals surface area contributed by atoms with E-state index in [4.69, 9.17) is 27.9 Å². The van der Waals surface area contributed by atoms with E-state index in [1.165, 1.54) is 24.1 Å². The zero-order valence-electron chi connectivity index (χ0n) is 26.1. The molecule has 11 heteroatoms. The summed E-state index contributed by atoms with van der Waals surface area (Å²) >= 11 is 12.5. The second kappa shape index (κ2) is 15.5. The van der Waals surface area contributed by atoms with Crippen molar-refractivity contribution in [2.75, 3.05) is 18.0 Å². The number of methoxy groups -OCH3 is 1. The van der Waals surface area contributed by atoms with Crippen molar-refractivity contribution in [2.45, 2.75) is 50.7 Å². The van der Waals surface area contributed by atoms with Crippen molar-refractivity contribution >= 4 is 50.7 Å². The molecule has 8 nitrogen and oxygen atoms in total. The minimum Gasteiger partial charge on any atom is -0.495 e. The lowest BCUT2D eigenvalue weighted by atomic mass is 10.0. The summed E-state index contributed by atoms with van der Waals surface area (Å²) in [5, 5.41) is 3.57. The third-order valence-electron chi connectivity index (χ3n) is 7.25. The summed E-state index contributed by atoms with van der Waals surface area (Å²) in [4.78, 5) is 29.8. The molecule has 0 aliphatic carbocycles. The standard InChI is InChI=1S/C35H37Cl2N3O5S/c1-24(2)38-35(42)32(21-26-11-7-5-8-12-26)39(22-27-16-17-29(36)30(37)20-27)34(41)23-40(31-19-25(3)15-18-33(31)45-4)46(43,44)28-13-9-6-10-14-28/h5-20,24,32H,21-23H2,1-4H3,(H,38,42)/t32-/m0/s1. The van der Waals surface area contributed by atoms with Crippen LogP contribution in [0.25, 0.3) is 0 Å². The maximum absolute atomic E-state index is 14.6. The summed E-state index contributed by atoms with van der Waals surface area (Å²) in [6.45, 7) is 4.84. The van der Waals surface area contributed by atoms with Crippen LogP contribution < -0.4 is 14.4 Å². The van der Waals surface area contributed by atoms with Crippen molar-refractivity contribution in [3.05, 3.63) is 124 Å². The summed E-state index contributed by atoms with van der Waals surface area (Å²) < 4.78 is 35.1.